The summed E-state index contributed by atoms with van der Waals surface area (Å²) in [5.74, 6) is -0.147. The summed E-state index contributed by atoms with van der Waals surface area (Å²) in [6, 6.07) is 5.33. The van der Waals surface area contributed by atoms with Crippen molar-refractivity contribution < 1.29 is 4.39 Å². The molecule has 1 rings (SSSR count). The zero-order chi connectivity index (χ0) is 8.43. The molecule has 11 heavy (non-hydrogen) atoms. The van der Waals surface area contributed by atoms with Gasteiger partial charge in [0.1, 0.15) is 5.82 Å². The van der Waals surface area contributed by atoms with Gasteiger partial charge in [-0.3, -0.25) is 0 Å². The predicted molar refractivity (Wildman–Crippen MR) is 51.7 cm³/mol. The van der Waals surface area contributed by atoms with Crippen LogP contribution in [0.15, 0.2) is 18.2 Å². The SMILES string of the molecule is Cc1cccc(C(Br)Br)c1F. The van der Waals surface area contributed by atoms with Gasteiger partial charge in [-0.05, 0) is 12.5 Å². The summed E-state index contributed by atoms with van der Waals surface area (Å²) in [6.07, 6.45) is 0. The molecule has 0 spiro atoms. The molecule has 0 unspecified atom stereocenters. The second-order valence-corrected chi connectivity index (χ2v) is 5.34. The van der Waals surface area contributed by atoms with E-state index in [0.29, 0.717) is 11.1 Å². The number of benzene rings is 1. The van der Waals surface area contributed by atoms with Crippen molar-refractivity contribution in [3.63, 3.8) is 0 Å². The third-order valence-corrected chi connectivity index (χ3v) is 2.44. The molecule has 0 radical (unpaired) electrons. The average Bonchev–Trinajstić information content (AvgIpc) is 1.94. The Morgan fingerprint density at radius 3 is 2.45 bits per heavy atom. The zero-order valence-corrected chi connectivity index (χ0v) is 9.12. The molecule has 0 fully saturated rings. The highest BCUT2D eigenvalue weighted by molar-refractivity contribution is 9.24. The van der Waals surface area contributed by atoms with E-state index < -0.39 is 0 Å². The molecule has 0 N–H and O–H groups in total. The molecule has 1 aromatic carbocycles. The first-order valence-electron chi connectivity index (χ1n) is 3.16. The van der Waals surface area contributed by atoms with Crippen LogP contribution in [0.2, 0.25) is 0 Å². The summed E-state index contributed by atoms with van der Waals surface area (Å²) in [7, 11) is 0. The van der Waals surface area contributed by atoms with Gasteiger partial charge in [0.15, 0.2) is 0 Å². The molecule has 1 aromatic rings. The van der Waals surface area contributed by atoms with E-state index in [1.165, 1.54) is 0 Å². The quantitative estimate of drug-likeness (QED) is 0.685. The van der Waals surface area contributed by atoms with Crippen LogP contribution < -0.4 is 0 Å². The standard InChI is InChI=1S/C8H7Br2F/c1-5-3-2-4-6(7(5)11)8(9)10/h2-4,8H,1H3. The average molecular weight is 282 g/mol. The molecule has 0 amide bonds. The Morgan fingerprint density at radius 1 is 1.36 bits per heavy atom. The van der Waals surface area contributed by atoms with Crippen LogP contribution in [0.5, 0.6) is 0 Å². The monoisotopic (exact) mass is 280 g/mol. The first kappa shape index (κ1) is 9.20. The fraction of sp³-hybridized carbons (Fsp3) is 0.250. The lowest BCUT2D eigenvalue weighted by Crippen LogP contribution is -1.90. The van der Waals surface area contributed by atoms with Crippen molar-refractivity contribution in [2.45, 2.75) is 10.7 Å². The van der Waals surface area contributed by atoms with E-state index in [1.54, 1.807) is 19.1 Å². The van der Waals surface area contributed by atoms with E-state index in [9.17, 15) is 4.39 Å². The van der Waals surface area contributed by atoms with Gasteiger partial charge in [-0.25, -0.2) is 4.39 Å². The van der Waals surface area contributed by atoms with Crippen molar-refractivity contribution in [2.75, 3.05) is 0 Å². The van der Waals surface area contributed by atoms with E-state index in [0.717, 1.165) is 0 Å². The Hall–Kier alpha value is 0.110. The minimum atomic E-state index is -0.147. The highest BCUT2D eigenvalue weighted by Crippen LogP contribution is 2.31. The topological polar surface area (TPSA) is 0 Å². The fourth-order valence-electron chi connectivity index (χ4n) is 0.839. The second-order valence-electron chi connectivity index (χ2n) is 2.28. The van der Waals surface area contributed by atoms with Crippen molar-refractivity contribution in [3.05, 3.63) is 35.1 Å². The number of aryl methyl sites for hydroxylation is 1. The maximum atomic E-state index is 13.2. The molecule has 60 valence electrons. The first-order chi connectivity index (χ1) is 5.13. The third-order valence-electron chi connectivity index (χ3n) is 1.46. The van der Waals surface area contributed by atoms with Crippen LogP contribution in [0.1, 0.15) is 14.9 Å². The van der Waals surface area contributed by atoms with Gasteiger partial charge < -0.3 is 0 Å². The van der Waals surface area contributed by atoms with Crippen molar-refractivity contribution in [1.29, 1.82) is 0 Å². The Bertz CT molecular complexity index is 258. The van der Waals surface area contributed by atoms with Crippen LogP contribution in [-0.4, -0.2) is 0 Å². The molecule has 0 aliphatic heterocycles. The van der Waals surface area contributed by atoms with Crippen LogP contribution in [0.3, 0.4) is 0 Å². The Kier molecular flexibility index (Phi) is 3.07. The van der Waals surface area contributed by atoms with Crippen molar-refractivity contribution in [2.24, 2.45) is 0 Å². The first-order valence-corrected chi connectivity index (χ1v) is 4.99. The van der Waals surface area contributed by atoms with E-state index in [2.05, 4.69) is 31.9 Å². The molecule has 0 atom stereocenters. The van der Waals surface area contributed by atoms with Crippen LogP contribution in [0, 0.1) is 12.7 Å². The lowest BCUT2D eigenvalue weighted by atomic mass is 10.1. The molecule has 0 aliphatic carbocycles. The highest BCUT2D eigenvalue weighted by Gasteiger charge is 2.09. The molecule has 3 heteroatoms. The van der Waals surface area contributed by atoms with Crippen LogP contribution >= 0.6 is 31.9 Å². The van der Waals surface area contributed by atoms with Crippen LogP contribution in [-0.2, 0) is 0 Å². The van der Waals surface area contributed by atoms with Gasteiger partial charge in [0.25, 0.3) is 0 Å². The third kappa shape index (κ3) is 2.03. The van der Waals surface area contributed by atoms with Crippen molar-refractivity contribution in [1.82, 2.24) is 0 Å². The maximum absolute atomic E-state index is 13.2. The number of hydrogen-bond acceptors (Lipinski definition) is 0. The predicted octanol–water partition coefficient (Wildman–Crippen LogP) is 3.92. The van der Waals surface area contributed by atoms with Crippen LogP contribution in [0.4, 0.5) is 4.39 Å². The summed E-state index contributed by atoms with van der Waals surface area (Å²) < 4.78 is 13.1. The Balaban J connectivity index is 3.17. The zero-order valence-electron chi connectivity index (χ0n) is 5.94. The summed E-state index contributed by atoms with van der Waals surface area (Å²) in [5.41, 5.74) is 1.32. The largest absolute Gasteiger partial charge is 0.206 e. The summed E-state index contributed by atoms with van der Waals surface area (Å²) in [5, 5.41) is 0. The molecule has 0 saturated carbocycles. The minimum Gasteiger partial charge on any atom is -0.206 e. The van der Waals surface area contributed by atoms with Crippen molar-refractivity contribution >= 4 is 31.9 Å². The van der Waals surface area contributed by atoms with Crippen LogP contribution in [0.25, 0.3) is 0 Å². The van der Waals surface area contributed by atoms with Gasteiger partial charge in [-0.2, -0.15) is 0 Å². The van der Waals surface area contributed by atoms with Gasteiger partial charge >= 0.3 is 0 Å². The normalized spacial score (nSPS) is 10.6. The Morgan fingerprint density at radius 2 is 2.00 bits per heavy atom. The second kappa shape index (κ2) is 3.68. The van der Waals surface area contributed by atoms with Gasteiger partial charge in [0.05, 0.1) is 3.74 Å². The molecule has 0 bridgehead atoms. The van der Waals surface area contributed by atoms with E-state index >= 15 is 0 Å². The summed E-state index contributed by atoms with van der Waals surface area (Å²) in [4.78, 5) is 0. The van der Waals surface area contributed by atoms with Gasteiger partial charge in [0.2, 0.25) is 0 Å². The van der Waals surface area contributed by atoms with E-state index in [-0.39, 0.29) is 9.55 Å². The molecule has 0 aromatic heterocycles. The smallest absolute Gasteiger partial charge is 0.131 e. The number of alkyl halides is 2. The summed E-state index contributed by atoms with van der Waals surface area (Å²) in [6.45, 7) is 1.75. The molecular formula is C8H7Br2F. The molecule has 0 aliphatic rings. The van der Waals surface area contributed by atoms with Gasteiger partial charge in [-0.15, -0.1) is 0 Å². The van der Waals surface area contributed by atoms with E-state index in [4.69, 9.17) is 0 Å². The van der Waals surface area contributed by atoms with Gasteiger partial charge in [-0.1, -0.05) is 50.1 Å². The highest BCUT2D eigenvalue weighted by atomic mass is 79.9. The molecule has 0 heterocycles. The van der Waals surface area contributed by atoms with E-state index in [1.807, 2.05) is 6.07 Å². The Labute approximate surface area is 82.1 Å². The maximum Gasteiger partial charge on any atom is 0.131 e. The number of hydrogen-bond donors (Lipinski definition) is 0. The molecule has 0 nitrogen and oxygen atoms in total. The molecular weight excluding hydrogens is 275 g/mol. The van der Waals surface area contributed by atoms with Gasteiger partial charge in [0, 0.05) is 5.56 Å². The minimum absolute atomic E-state index is 0.102. The lowest BCUT2D eigenvalue weighted by Gasteiger charge is -2.04. The number of halogens is 3. The molecule has 0 saturated heterocycles. The van der Waals surface area contributed by atoms with Crippen molar-refractivity contribution in [3.8, 4) is 0 Å². The number of rotatable bonds is 1. The fourth-order valence-corrected chi connectivity index (χ4v) is 1.55. The lowest BCUT2D eigenvalue weighted by molar-refractivity contribution is 0.608. The summed E-state index contributed by atoms with van der Waals surface area (Å²) >= 11 is 6.49.